The van der Waals surface area contributed by atoms with Crippen LogP contribution in [-0.4, -0.2) is 16.8 Å². The fraction of sp³-hybridized carbons (Fsp3) is 0.800. The standard InChI is InChI=1S/C10H20N2O2/c1-9(2,3)7(13)12(11)8(14)10(4,5)6/h11H2,1-6H3. The maximum Gasteiger partial charge on any atom is 0.248 e. The van der Waals surface area contributed by atoms with Gasteiger partial charge in [0.05, 0.1) is 0 Å². The molecule has 2 amide bonds. The number of hydrogen-bond acceptors (Lipinski definition) is 3. The van der Waals surface area contributed by atoms with Crippen molar-refractivity contribution in [3.05, 3.63) is 0 Å². The van der Waals surface area contributed by atoms with Gasteiger partial charge < -0.3 is 0 Å². The van der Waals surface area contributed by atoms with Gasteiger partial charge in [0.15, 0.2) is 0 Å². The van der Waals surface area contributed by atoms with E-state index in [1.165, 1.54) is 0 Å². The zero-order valence-electron chi connectivity index (χ0n) is 9.84. The molecule has 0 aromatic heterocycles. The van der Waals surface area contributed by atoms with E-state index in [9.17, 15) is 9.59 Å². The molecule has 0 aromatic rings. The van der Waals surface area contributed by atoms with Gasteiger partial charge in [0.25, 0.3) is 0 Å². The first kappa shape index (κ1) is 13.1. The lowest BCUT2D eigenvalue weighted by molar-refractivity contribution is -0.155. The van der Waals surface area contributed by atoms with Gasteiger partial charge in [-0.25, -0.2) is 10.9 Å². The fourth-order valence-electron chi connectivity index (χ4n) is 0.815. The summed E-state index contributed by atoms with van der Waals surface area (Å²) in [5, 5.41) is 0.722. The molecule has 0 aromatic carbocycles. The highest BCUT2D eigenvalue weighted by Crippen LogP contribution is 2.21. The third-order valence-electron chi connectivity index (χ3n) is 1.72. The van der Waals surface area contributed by atoms with Crippen LogP contribution in [0.15, 0.2) is 0 Å². The average molecular weight is 200 g/mol. The summed E-state index contributed by atoms with van der Waals surface area (Å²) >= 11 is 0. The van der Waals surface area contributed by atoms with Crippen LogP contribution in [0.3, 0.4) is 0 Å². The average Bonchev–Trinajstić information content (AvgIpc) is 1.97. The topological polar surface area (TPSA) is 63.4 Å². The molecule has 0 fully saturated rings. The Morgan fingerprint density at radius 2 is 1.07 bits per heavy atom. The number of hydrogen-bond donors (Lipinski definition) is 1. The molecule has 0 rings (SSSR count). The molecule has 0 aliphatic heterocycles. The molecule has 2 N–H and O–H groups in total. The van der Waals surface area contributed by atoms with Gasteiger partial charge >= 0.3 is 0 Å². The van der Waals surface area contributed by atoms with Crippen LogP contribution in [0.25, 0.3) is 0 Å². The predicted molar refractivity (Wildman–Crippen MR) is 55.0 cm³/mol. The number of imide groups is 1. The molecule has 0 radical (unpaired) electrons. The van der Waals surface area contributed by atoms with Gasteiger partial charge in [-0.1, -0.05) is 41.5 Å². The molecule has 0 bridgehead atoms. The lowest BCUT2D eigenvalue weighted by Crippen LogP contribution is -2.52. The zero-order valence-corrected chi connectivity index (χ0v) is 9.84. The van der Waals surface area contributed by atoms with Crippen LogP contribution in [0.1, 0.15) is 41.5 Å². The van der Waals surface area contributed by atoms with Crippen molar-refractivity contribution < 1.29 is 9.59 Å². The van der Waals surface area contributed by atoms with Crippen molar-refractivity contribution in [3.63, 3.8) is 0 Å². The summed E-state index contributed by atoms with van der Waals surface area (Å²) in [6.07, 6.45) is 0. The number of carbonyl (C=O) groups excluding carboxylic acids is 2. The molecule has 0 atom stereocenters. The maximum atomic E-state index is 11.6. The quantitative estimate of drug-likeness (QED) is 0.364. The van der Waals surface area contributed by atoms with E-state index in [1.54, 1.807) is 41.5 Å². The highest BCUT2D eigenvalue weighted by atomic mass is 16.2. The fourth-order valence-corrected chi connectivity index (χ4v) is 0.815. The number of amides is 2. The molecular weight excluding hydrogens is 180 g/mol. The van der Waals surface area contributed by atoms with Crippen LogP contribution in [0.5, 0.6) is 0 Å². The molecule has 4 nitrogen and oxygen atoms in total. The van der Waals surface area contributed by atoms with Crippen LogP contribution >= 0.6 is 0 Å². The molecular formula is C10H20N2O2. The molecule has 0 aliphatic rings. The first-order chi connectivity index (χ1) is 5.98. The SMILES string of the molecule is CC(C)(C)C(=O)N(N)C(=O)C(C)(C)C. The van der Waals surface area contributed by atoms with Gasteiger partial charge in [0, 0.05) is 10.8 Å². The number of nitrogens with zero attached hydrogens (tertiary/aromatic N) is 1. The smallest absolute Gasteiger partial charge is 0.248 e. The largest absolute Gasteiger partial charge is 0.272 e. The summed E-state index contributed by atoms with van der Waals surface area (Å²) in [6, 6.07) is 0. The van der Waals surface area contributed by atoms with Crippen molar-refractivity contribution in [1.29, 1.82) is 0 Å². The second-order valence-electron chi connectivity index (χ2n) is 5.48. The van der Waals surface area contributed by atoms with Crippen molar-refractivity contribution in [3.8, 4) is 0 Å². The summed E-state index contributed by atoms with van der Waals surface area (Å²) in [5.41, 5.74) is -1.26. The number of carbonyl (C=O) groups is 2. The van der Waals surface area contributed by atoms with E-state index in [-0.39, 0.29) is 11.8 Å². The molecule has 0 saturated carbocycles. The molecule has 0 spiro atoms. The predicted octanol–water partition coefficient (Wildman–Crippen LogP) is 1.31. The Bertz CT molecular complexity index is 220. The summed E-state index contributed by atoms with van der Waals surface area (Å²) in [5.74, 6) is 4.74. The van der Waals surface area contributed by atoms with Crippen LogP contribution in [0, 0.1) is 10.8 Å². The number of rotatable bonds is 0. The minimum absolute atomic E-state index is 0.363. The lowest BCUT2D eigenvalue weighted by atomic mass is 9.91. The van der Waals surface area contributed by atoms with E-state index in [2.05, 4.69) is 0 Å². The van der Waals surface area contributed by atoms with Crippen molar-refractivity contribution in [2.75, 3.05) is 0 Å². The normalized spacial score (nSPS) is 12.5. The maximum absolute atomic E-state index is 11.6. The van der Waals surface area contributed by atoms with Gasteiger partial charge in [0.2, 0.25) is 11.8 Å². The van der Waals surface area contributed by atoms with Gasteiger partial charge in [-0.3, -0.25) is 9.59 Å². The third-order valence-corrected chi connectivity index (χ3v) is 1.72. The second-order valence-corrected chi connectivity index (χ2v) is 5.48. The third kappa shape index (κ3) is 3.10. The van der Waals surface area contributed by atoms with E-state index >= 15 is 0 Å². The first-order valence-electron chi connectivity index (χ1n) is 4.61. The minimum Gasteiger partial charge on any atom is -0.272 e. The van der Waals surface area contributed by atoms with Gasteiger partial charge in [-0.15, -0.1) is 0 Å². The number of hydrazine groups is 1. The summed E-state index contributed by atoms with van der Waals surface area (Å²) < 4.78 is 0. The van der Waals surface area contributed by atoms with Crippen LogP contribution in [-0.2, 0) is 9.59 Å². The van der Waals surface area contributed by atoms with Crippen LogP contribution in [0.2, 0.25) is 0 Å². The first-order valence-corrected chi connectivity index (χ1v) is 4.61. The van der Waals surface area contributed by atoms with E-state index in [4.69, 9.17) is 5.84 Å². The van der Waals surface area contributed by atoms with Crippen molar-refractivity contribution in [2.24, 2.45) is 16.7 Å². The molecule has 0 aliphatic carbocycles. The second kappa shape index (κ2) is 3.69. The Hall–Kier alpha value is -0.900. The number of nitrogens with two attached hydrogens (primary N) is 1. The Morgan fingerprint density at radius 3 is 1.21 bits per heavy atom. The molecule has 82 valence electrons. The van der Waals surface area contributed by atoms with Crippen LogP contribution < -0.4 is 5.84 Å². The summed E-state index contributed by atoms with van der Waals surface area (Å²) in [4.78, 5) is 23.3. The monoisotopic (exact) mass is 200 g/mol. The lowest BCUT2D eigenvalue weighted by Gasteiger charge is -2.28. The van der Waals surface area contributed by atoms with Gasteiger partial charge in [-0.05, 0) is 0 Å². The van der Waals surface area contributed by atoms with E-state index in [1.807, 2.05) is 0 Å². The highest BCUT2D eigenvalue weighted by molar-refractivity contribution is 5.98. The molecule has 0 saturated heterocycles. The zero-order chi connectivity index (χ0) is 11.7. The van der Waals surface area contributed by atoms with Crippen molar-refractivity contribution >= 4 is 11.8 Å². The Morgan fingerprint density at radius 1 is 0.857 bits per heavy atom. The Kier molecular flexibility index (Phi) is 3.45. The van der Waals surface area contributed by atoms with Gasteiger partial charge in [0.1, 0.15) is 0 Å². The van der Waals surface area contributed by atoms with E-state index in [0.29, 0.717) is 0 Å². The summed E-state index contributed by atoms with van der Waals surface area (Å²) in [6.45, 7) is 10.4. The molecule has 14 heavy (non-hydrogen) atoms. The molecule has 0 unspecified atom stereocenters. The molecule has 0 heterocycles. The Balaban J connectivity index is 4.74. The minimum atomic E-state index is -0.629. The van der Waals surface area contributed by atoms with Crippen molar-refractivity contribution in [2.45, 2.75) is 41.5 Å². The Labute approximate surface area is 85.4 Å². The van der Waals surface area contributed by atoms with Crippen LogP contribution in [0.4, 0.5) is 0 Å². The van der Waals surface area contributed by atoms with E-state index in [0.717, 1.165) is 5.01 Å². The van der Waals surface area contributed by atoms with Gasteiger partial charge in [-0.2, -0.15) is 0 Å². The highest BCUT2D eigenvalue weighted by Gasteiger charge is 2.34. The van der Waals surface area contributed by atoms with E-state index < -0.39 is 10.8 Å². The molecule has 4 heteroatoms. The summed E-state index contributed by atoms with van der Waals surface area (Å²) in [7, 11) is 0. The van der Waals surface area contributed by atoms with Crippen molar-refractivity contribution in [1.82, 2.24) is 5.01 Å².